The molecule has 1 N–H and O–H groups in total. The van der Waals surface area contributed by atoms with Crippen LogP contribution in [-0.4, -0.2) is 7.05 Å². The second-order valence-corrected chi connectivity index (χ2v) is 1.20. The molecule has 42 valence electrons. The molecule has 0 aliphatic rings. The van der Waals surface area contributed by atoms with Crippen LogP contribution in [0.2, 0.25) is 0 Å². The zero-order chi connectivity index (χ0) is 5.70. The highest BCUT2D eigenvalue weighted by molar-refractivity contribution is 4.77. The van der Waals surface area contributed by atoms with E-state index in [4.69, 9.17) is 4.84 Å². The van der Waals surface area contributed by atoms with Crippen LogP contribution in [0.5, 0.6) is 0 Å². The van der Waals surface area contributed by atoms with E-state index in [0.717, 1.165) is 12.2 Å². The Morgan fingerprint density at radius 3 is 2.57 bits per heavy atom. The van der Waals surface area contributed by atoms with E-state index in [1.165, 1.54) is 0 Å². The molecule has 0 saturated carbocycles. The monoisotopic (exact) mass is 101 g/mol. The molecule has 0 unspecified atom stereocenters. The highest BCUT2D eigenvalue weighted by Crippen LogP contribution is 1.92. The third kappa shape index (κ3) is 3.33. The van der Waals surface area contributed by atoms with Crippen molar-refractivity contribution >= 4 is 0 Å². The summed E-state index contributed by atoms with van der Waals surface area (Å²) in [6, 6.07) is 0. The predicted molar refractivity (Wildman–Crippen MR) is 29.6 cm³/mol. The van der Waals surface area contributed by atoms with E-state index in [-0.39, 0.29) is 0 Å². The molecule has 0 rings (SSSR count). The second-order valence-electron chi connectivity index (χ2n) is 1.20. The minimum atomic E-state index is 0.766. The van der Waals surface area contributed by atoms with Gasteiger partial charge in [0.05, 0.1) is 0 Å². The van der Waals surface area contributed by atoms with Crippen molar-refractivity contribution in [2.24, 2.45) is 0 Å². The Morgan fingerprint density at radius 2 is 2.43 bits per heavy atom. The van der Waals surface area contributed by atoms with Gasteiger partial charge in [0, 0.05) is 13.5 Å². The number of rotatable bonds is 3. The Hall–Kier alpha value is -0.500. The van der Waals surface area contributed by atoms with Crippen LogP contribution in [0.3, 0.4) is 0 Å². The molecule has 0 amide bonds. The van der Waals surface area contributed by atoms with Crippen LogP contribution in [-0.2, 0) is 4.84 Å². The van der Waals surface area contributed by atoms with E-state index < -0.39 is 0 Å². The van der Waals surface area contributed by atoms with Crippen molar-refractivity contribution in [1.82, 2.24) is 5.48 Å². The molecule has 0 aliphatic carbocycles. The van der Waals surface area contributed by atoms with Gasteiger partial charge in [0.15, 0.2) is 0 Å². The van der Waals surface area contributed by atoms with Crippen LogP contribution in [0, 0.1) is 0 Å². The summed E-state index contributed by atoms with van der Waals surface area (Å²) in [6.45, 7) is 5.56. The quantitative estimate of drug-likeness (QED) is 0.424. The average molecular weight is 101 g/mol. The van der Waals surface area contributed by atoms with Crippen molar-refractivity contribution in [2.75, 3.05) is 7.05 Å². The van der Waals surface area contributed by atoms with Crippen molar-refractivity contribution in [3.05, 3.63) is 12.3 Å². The van der Waals surface area contributed by atoms with Gasteiger partial charge in [-0.15, -0.1) is 0 Å². The van der Waals surface area contributed by atoms with Gasteiger partial charge in [0.25, 0.3) is 0 Å². The van der Waals surface area contributed by atoms with Gasteiger partial charge in [-0.05, 0) is 0 Å². The van der Waals surface area contributed by atoms with Gasteiger partial charge in [0.1, 0.15) is 5.76 Å². The van der Waals surface area contributed by atoms with Crippen molar-refractivity contribution < 1.29 is 4.84 Å². The van der Waals surface area contributed by atoms with E-state index in [1.807, 2.05) is 6.92 Å². The van der Waals surface area contributed by atoms with Crippen molar-refractivity contribution in [3.8, 4) is 0 Å². The maximum absolute atomic E-state index is 4.75. The third-order valence-corrected chi connectivity index (χ3v) is 0.641. The number of hydroxylamine groups is 1. The fourth-order valence-electron chi connectivity index (χ4n) is 0.217. The molecular formula is C5H11NO. The minimum Gasteiger partial charge on any atom is -0.414 e. The molecule has 0 heterocycles. The predicted octanol–water partition coefficient (Wildman–Crippen LogP) is 1.06. The molecule has 0 atom stereocenters. The van der Waals surface area contributed by atoms with Gasteiger partial charge in [0.2, 0.25) is 0 Å². The van der Waals surface area contributed by atoms with E-state index in [1.54, 1.807) is 7.05 Å². The molecule has 0 fully saturated rings. The fraction of sp³-hybridized carbons (Fsp3) is 0.600. The van der Waals surface area contributed by atoms with Crippen LogP contribution in [0.4, 0.5) is 0 Å². The zero-order valence-electron chi connectivity index (χ0n) is 4.82. The van der Waals surface area contributed by atoms with Crippen LogP contribution in [0.15, 0.2) is 12.3 Å². The summed E-state index contributed by atoms with van der Waals surface area (Å²) in [6.07, 6.45) is 0.862. The van der Waals surface area contributed by atoms with Gasteiger partial charge in [-0.2, -0.15) is 5.48 Å². The van der Waals surface area contributed by atoms with E-state index in [9.17, 15) is 0 Å². The summed E-state index contributed by atoms with van der Waals surface area (Å²) in [5, 5.41) is 0. The normalized spacial score (nSPS) is 8.29. The third-order valence-electron chi connectivity index (χ3n) is 0.641. The molecule has 0 aromatic heterocycles. The molecule has 0 aromatic carbocycles. The smallest absolute Gasteiger partial charge is 0.116 e. The standard InChI is InChI=1S/C5H11NO/c1-4-5(2)7-6-3/h6H,2,4H2,1,3H3. The van der Waals surface area contributed by atoms with Crippen molar-refractivity contribution in [2.45, 2.75) is 13.3 Å². The first-order valence-electron chi connectivity index (χ1n) is 2.32. The summed E-state index contributed by atoms with van der Waals surface area (Å²) >= 11 is 0. The van der Waals surface area contributed by atoms with Crippen LogP contribution < -0.4 is 5.48 Å². The molecule has 0 radical (unpaired) electrons. The largest absolute Gasteiger partial charge is 0.414 e. The highest BCUT2D eigenvalue weighted by Gasteiger charge is 1.82. The molecule has 0 aromatic rings. The lowest BCUT2D eigenvalue weighted by Crippen LogP contribution is -2.04. The zero-order valence-corrected chi connectivity index (χ0v) is 4.82. The second kappa shape index (κ2) is 3.68. The van der Waals surface area contributed by atoms with Gasteiger partial charge in [-0.3, -0.25) is 0 Å². The molecule has 0 spiro atoms. The molecule has 0 saturated heterocycles. The number of nitrogens with one attached hydrogen (secondary N) is 1. The first kappa shape index (κ1) is 6.50. The van der Waals surface area contributed by atoms with Crippen LogP contribution in [0.1, 0.15) is 13.3 Å². The Morgan fingerprint density at radius 1 is 1.86 bits per heavy atom. The lowest BCUT2D eigenvalue weighted by Gasteiger charge is -2.00. The Bertz CT molecular complexity index is 61.1. The number of hydrogen-bond acceptors (Lipinski definition) is 2. The molecular weight excluding hydrogens is 90.1 g/mol. The first-order valence-corrected chi connectivity index (χ1v) is 2.32. The Balaban J connectivity index is 3.00. The number of hydrogen-bond donors (Lipinski definition) is 1. The highest BCUT2D eigenvalue weighted by atomic mass is 16.6. The van der Waals surface area contributed by atoms with Gasteiger partial charge >= 0.3 is 0 Å². The summed E-state index contributed by atoms with van der Waals surface area (Å²) in [7, 11) is 1.71. The van der Waals surface area contributed by atoms with Crippen molar-refractivity contribution in [3.63, 3.8) is 0 Å². The summed E-state index contributed by atoms with van der Waals surface area (Å²) in [5.74, 6) is 0.766. The molecule has 0 bridgehead atoms. The maximum atomic E-state index is 4.75. The van der Waals surface area contributed by atoms with E-state index >= 15 is 0 Å². The van der Waals surface area contributed by atoms with Crippen molar-refractivity contribution in [1.29, 1.82) is 0 Å². The average Bonchev–Trinajstić information content (AvgIpc) is 1.68. The Kier molecular flexibility index (Phi) is 3.42. The van der Waals surface area contributed by atoms with E-state index in [2.05, 4.69) is 12.1 Å². The number of allylic oxidation sites excluding steroid dienone is 1. The van der Waals surface area contributed by atoms with E-state index in [0.29, 0.717) is 0 Å². The first-order chi connectivity index (χ1) is 3.31. The van der Waals surface area contributed by atoms with Gasteiger partial charge in [-0.1, -0.05) is 13.5 Å². The van der Waals surface area contributed by atoms with Gasteiger partial charge in [-0.25, -0.2) is 0 Å². The van der Waals surface area contributed by atoms with Crippen LogP contribution in [0.25, 0.3) is 0 Å². The molecule has 2 heteroatoms. The van der Waals surface area contributed by atoms with Crippen LogP contribution >= 0.6 is 0 Å². The van der Waals surface area contributed by atoms with Gasteiger partial charge < -0.3 is 4.84 Å². The summed E-state index contributed by atoms with van der Waals surface area (Å²) in [5.41, 5.74) is 2.52. The Labute approximate surface area is 44.1 Å². The molecule has 7 heavy (non-hydrogen) atoms. The maximum Gasteiger partial charge on any atom is 0.116 e. The lowest BCUT2D eigenvalue weighted by molar-refractivity contribution is 0.122. The summed E-state index contributed by atoms with van der Waals surface area (Å²) in [4.78, 5) is 4.75. The fourth-order valence-corrected chi connectivity index (χ4v) is 0.217. The molecule has 0 aliphatic heterocycles. The summed E-state index contributed by atoms with van der Waals surface area (Å²) < 4.78 is 0. The SMILES string of the molecule is C=C(CC)ONC. The molecule has 2 nitrogen and oxygen atoms in total. The minimum absolute atomic E-state index is 0.766. The topological polar surface area (TPSA) is 21.3 Å². The lowest BCUT2D eigenvalue weighted by atomic mass is 10.4.